The lowest BCUT2D eigenvalue weighted by Crippen LogP contribution is -2.56. The van der Waals surface area contributed by atoms with Gasteiger partial charge in [-0.25, -0.2) is 0 Å². The third-order valence-corrected chi connectivity index (χ3v) is 3.13. The first-order chi connectivity index (χ1) is 5.83. The highest BCUT2D eigenvalue weighted by Crippen LogP contribution is 2.38. The van der Waals surface area contributed by atoms with Crippen LogP contribution in [-0.2, 0) is 4.79 Å². The van der Waals surface area contributed by atoms with Gasteiger partial charge in [0.15, 0.2) is 0 Å². The Labute approximate surface area is 85.1 Å². The van der Waals surface area contributed by atoms with Gasteiger partial charge in [0.1, 0.15) is 0 Å². The van der Waals surface area contributed by atoms with Crippen molar-refractivity contribution < 1.29 is 4.79 Å². The topological polar surface area (TPSA) is 46.3 Å². The summed E-state index contributed by atoms with van der Waals surface area (Å²) in [4.78, 5) is 13.4. The van der Waals surface area contributed by atoms with E-state index in [0.29, 0.717) is 19.0 Å². The molecule has 1 heterocycles. The largest absolute Gasteiger partial charge is 0.339 e. The van der Waals surface area contributed by atoms with Crippen LogP contribution >= 0.6 is 12.4 Å². The first-order valence-electron chi connectivity index (χ1n) is 4.82. The molecule has 76 valence electrons. The lowest BCUT2D eigenvalue weighted by molar-refractivity contribution is -0.141. The van der Waals surface area contributed by atoms with Gasteiger partial charge >= 0.3 is 0 Å². The van der Waals surface area contributed by atoms with Crippen LogP contribution in [0.5, 0.6) is 0 Å². The monoisotopic (exact) mass is 204 g/mol. The summed E-state index contributed by atoms with van der Waals surface area (Å²) in [6.45, 7) is 1.50. The molecule has 2 fully saturated rings. The van der Waals surface area contributed by atoms with Gasteiger partial charge in [-0.1, -0.05) is 6.42 Å². The third-order valence-electron chi connectivity index (χ3n) is 3.13. The number of hydrogen-bond acceptors (Lipinski definition) is 2. The van der Waals surface area contributed by atoms with E-state index in [1.165, 1.54) is 19.3 Å². The summed E-state index contributed by atoms with van der Waals surface area (Å²) in [7, 11) is 0. The fourth-order valence-corrected chi connectivity index (χ4v) is 2.44. The summed E-state index contributed by atoms with van der Waals surface area (Å²) < 4.78 is 0. The fraction of sp³-hybridized carbons (Fsp3) is 0.889. The maximum absolute atomic E-state index is 11.4. The Kier molecular flexibility index (Phi) is 3.56. The molecule has 0 aromatic rings. The molecule has 13 heavy (non-hydrogen) atoms. The van der Waals surface area contributed by atoms with Crippen LogP contribution in [0.4, 0.5) is 0 Å². The number of likely N-dealkylation sites (tertiary alicyclic amines) is 1. The standard InChI is InChI=1S/C9H16N2O.ClH/c10-5-4-9(12)11-6-7-2-1-3-8(7)11;/h7-8H,1-6,10H2;1H. The van der Waals surface area contributed by atoms with E-state index in [1.807, 2.05) is 4.90 Å². The molecular weight excluding hydrogens is 188 g/mol. The van der Waals surface area contributed by atoms with Gasteiger partial charge in [0.05, 0.1) is 0 Å². The number of nitrogens with zero attached hydrogens (tertiary/aromatic N) is 1. The Morgan fingerprint density at radius 2 is 2.23 bits per heavy atom. The van der Waals surface area contributed by atoms with Crippen molar-refractivity contribution in [1.29, 1.82) is 0 Å². The van der Waals surface area contributed by atoms with Crippen molar-refractivity contribution in [3.8, 4) is 0 Å². The normalized spacial score (nSPS) is 30.4. The van der Waals surface area contributed by atoms with E-state index in [0.717, 1.165) is 12.5 Å². The van der Waals surface area contributed by atoms with Gasteiger partial charge in [0.2, 0.25) is 5.91 Å². The van der Waals surface area contributed by atoms with Crippen LogP contribution in [0.2, 0.25) is 0 Å². The molecule has 0 aromatic carbocycles. The number of halogens is 1. The van der Waals surface area contributed by atoms with Crippen molar-refractivity contribution in [2.75, 3.05) is 13.1 Å². The van der Waals surface area contributed by atoms with Crippen LogP contribution in [0.25, 0.3) is 0 Å². The summed E-state index contributed by atoms with van der Waals surface area (Å²) in [5.41, 5.74) is 5.34. The summed E-state index contributed by atoms with van der Waals surface area (Å²) in [6, 6.07) is 0.587. The quantitative estimate of drug-likeness (QED) is 0.722. The highest BCUT2D eigenvalue weighted by molar-refractivity contribution is 5.85. The van der Waals surface area contributed by atoms with Crippen molar-refractivity contribution in [2.45, 2.75) is 31.7 Å². The maximum Gasteiger partial charge on any atom is 0.224 e. The molecule has 0 aromatic heterocycles. The van der Waals surface area contributed by atoms with Gasteiger partial charge in [0.25, 0.3) is 0 Å². The van der Waals surface area contributed by atoms with Gasteiger partial charge in [0, 0.05) is 25.6 Å². The van der Waals surface area contributed by atoms with Crippen LogP contribution in [0.15, 0.2) is 0 Å². The molecule has 1 saturated carbocycles. The smallest absolute Gasteiger partial charge is 0.224 e. The molecule has 0 spiro atoms. The second-order valence-corrected chi connectivity index (χ2v) is 3.84. The van der Waals surface area contributed by atoms with Crippen molar-refractivity contribution >= 4 is 18.3 Å². The minimum atomic E-state index is 0. The summed E-state index contributed by atoms with van der Waals surface area (Å²) in [5, 5.41) is 0. The Bertz CT molecular complexity index is 198. The molecular formula is C9H17ClN2O. The molecule has 0 radical (unpaired) electrons. The predicted molar refractivity (Wildman–Crippen MR) is 53.8 cm³/mol. The van der Waals surface area contributed by atoms with Crippen LogP contribution in [-0.4, -0.2) is 29.9 Å². The Balaban J connectivity index is 0.000000845. The van der Waals surface area contributed by atoms with E-state index >= 15 is 0 Å². The molecule has 4 heteroatoms. The molecule has 2 N–H and O–H groups in total. The van der Waals surface area contributed by atoms with Crippen LogP contribution in [0.3, 0.4) is 0 Å². The molecule has 2 aliphatic rings. The lowest BCUT2D eigenvalue weighted by Gasteiger charge is -2.44. The first-order valence-corrected chi connectivity index (χ1v) is 4.82. The molecule has 2 atom stereocenters. The summed E-state index contributed by atoms with van der Waals surface area (Å²) in [5.74, 6) is 1.09. The molecule has 1 aliphatic heterocycles. The zero-order valence-corrected chi connectivity index (χ0v) is 8.55. The van der Waals surface area contributed by atoms with E-state index in [2.05, 4.69) is 0 Å². The zero-order chi connectivity index (χ0) is 8.55. The highest BCUT2D eigenvalue weighted by Gasteiger charge is 2.43. The SMILES string of the molecule is Cl.NCCC(=O)N1CC2CCCC21. The second kappa shape index (κ2) is 4.29. The number of carbonyl (C=O) groups excluding carboxylic acids is 1. The van der Waals surface area contributed by atoms with Crippen molar-refractivity contribution in [3.05, 3.63) is 0 Å². The van der Waals surface area contributed by atoms with E-state index in [1.54, 1.807) is 0 Å². The molecule has 1 aliphatic carbocycles. The Morgan fingerprint density at radius 3 is 2.85 bits per heavy atom. The van der Waals surface area contributed by atoms with Crippen LogP contribution in [0, 0.1) is 5.92 Å². The van der Waals surface area contributed by atoms with Gasteiger partial charge in [-0.3, -0.25) is 4.79 Å². The van der Waals surface area contributed by atoms with Gasteiger partial charge < -0.3 is 10.6 Å². The molecule has 2 rings (SSSR count). The van der Waals surface area contributed by atoms with Crippen molar-refractivity contribution in [2.24, 2.45) is 11.7 Å². The summed E-state index contributed by atoms with van der Waals surface area (Å²) in [6.07, 6.45) is 4.39. The first kappa shape index (κ1) is 10.8. The lowest BCUT2D eigenvalue weighted by atomic mass is 9.91. The molecule has 3 nitrogen and oxygen atoms in total. The van der Waals surface area contributed by atoms with Crippen LogP contribution in [0.1, 0.15) is 25.7 Å². The third kappa shape index (κ3) is 1.81. The molecule has 0 bridgehead atoms. The molecule has 1 amide bonds. The number of nitrogens with two attached hydrogens (primary N) is 1. The highest BCUT2D eigenvalue weighted by atomic mass is 35.5. The maximum atomic E-state index is 11.4. The van der Waals surface area contributed by atoms with Gasteiger partial charge in [-0.2, -0.15) is 0 Å². The fourth-order valence-electron chi connectivity index (χ4n) is 2.44. The van der Waals surface area contributed by atoms with Crippen LogP contribution < -0.4 is 5.73 Å². The number of amides is 1. The van der Waals surface area contributed by atoms with E-state index in [-0.39, 0.29) is 18.3 Å². The van der Waals surface area contributed by atoms with Gasteiger partial charge in [-0.15, -0.1) is 12.4 Å². The minimum Gasteiger partial charge on any atom is -0.339 e. The van der Waals surface area contributed by atoms with E-state index in [4.69, 9.17) is 5.73 Å². The molecule has 2 unspecified atom stereocenters. The van der Waals surface area contributed by atoms with Crippen molar-refractivity contribution in [1.82, 2.24) is 4.90 Å². The second-order valence-electron chi connectivity index (χ2n) is 3.84. The average molecular weight is 205 g/mol. The molecule has 1 saturated heterocycles. The average Bonchev–Trinajstić information content (AvgIpc) is 2.33. The Morgan fingerprint density at radius 1 is 1.46 bits per heavy atom. The number of carbonyl (C=O) groups is 1. The summed E-state index contributed by atoms with van der Waals surface area (Å²) >= 11 is 0. The van der Waals surface area contributed by atoms with E-state index in [9.17, 15) is 4.79 Å². The number of fused-ring (bicyclic) bond motifs is 1. The Hall–Kier alpha value is -0.280. The zero-order valence-electron chi connectivity index (χ0n) is 7.74. The number of hydrogen-bond donors (Lipinski definition) is 1. The van der Waals surface area contributed by atoms with E-state index < -0.39 is 0 Å². The number of rotatable bonds is 2. The minimum absolute atomic E-state index is 0. The predicted octanol–water partition coefficient (Wildman–Crippen LogP) is 0.768. The van der Waals surface area contributed by atoms with Gasteiger partial charge in [-0.05, 0) is 18.8 Å². The van der Waals surface area contributed by atoms with Crippen molar-refractivity contribution in [3.63, 3.8) is 0 Å².